The van der Waals surface area contributed by atoms with E-state index in [0.29, 0.717) is 13.2 Å². The van der Waals surface area contributed by atoms with Gasteiger partial charge in [0, 0.05) is 11.0 Å². The highest BCUT2D eigenvalue weighted by Gasteiger charge is 2.06. The van der Waals surface area contributed by atoms with E-state index < -0.39 is 11.6 Å². The molecular formula is C14H12BrF2NO. The highest BCUT2D eigenvalue weighted by Crippen LogP contribution is 2.18. The molecule has 0 unspecified atom stereocenters. The summed E-state index contributed by atoms with van der Waals surface area (Å²) in [4.78, 5) is 0. The van der Waals surface area contributed by atoms with Crippen LogP contribution >= 0.6 is 15.9 Å². The number of rotatable bonds is 5. The number of hydrogen-bond donors (Lipinski definition) is 1. The van der Waals surface area contributed by atoms with Crippen LogP contribution in [0.25, 0.3) is 0 Å². The summed E-state index contributed by atoms with van der Waals surface area (Å²) >= 11 is 3.34. The smallest absolute Gasteiger partial charge is 0.181 e. The second kappa shape index (κ2) is 6.52. The zero-order chi connectivity index (χ0) is 13.7. The normalized spacial score (nSPS) is 10.3. The van der Waals surface area contributed by atoms with Crippen molar-refractivity contribution in [2.24, 2.45) is 0 Å². The lowest BCUT2D eigenvalue weighted by atomic mass is 10.3. The quantitative estimate of drug-likeness (QED) is 0.830. The standard InChI is InChI=1S/C14H12BrF2NO/c15-10-3-1-4-11(9-10)19-8-7-18-13-6-2-5-12(16)14(13)17/h1-6,9,18H,7-8H2. The first kappa shape index (κ1) is 13.8. The fourth-order valence-electron chi connectivity index (χ4n) is 1.55. The number of ether oxygens (including phenoxy) is 1. The Labute approximate surface area is 118 Å². The zero-order valence-corrected chi connectivity index (χ0v) is 11.6. The topological polar surface area (TPSA) is 21.3 Å². The van der Waals surface area contributed by atoms with Gasteiger partial charge in [-0.3, -0.25) is 0 Å². The molecule has 2 rings (SSSR count). The highest BCUT2D eigenvalue weighted by molar-refractivity contribution is 9.10. The second-order valence-corrected chi connectivity index (χ2v) is 4.75. The van der Waals surface area contributed by atoms with Gasteiger partial charge in [-0.25, -0.2) is 8.78 Å². The van der Waals surface area contributed by atoms with Gasteiger partial charge in [-0.15, -0.1) is 0 Å². The van der Waals surface area contributed by atoms with Gasteiger partial charge in [0.05, 0.1) is 5.69 Å². The van der Waals surface area contributed by atoms with Crippen molar-refractivity contribution in [3.05, 3.63) is 58.6 Å². The molecular weight excluding hydrogens is 316 g/mol. The number of halogens is 3. The van der Waals surface area contributed by atoms with E-state index >= 15 is 0 Å². The van der Waals surface area contributed by atoms with Crippen LogP contribution in [0.4, 0.5) is 14.5 Å². The molecule has 0 aliphatic heterocycles. The average Bonchev–Trinajstić information content (AvgIpc) is 2.39. The van der Waals surface area contributed by atoms with Crippen molar-refractivity contribution in [1.82, 2.24) is 0 Å². The molecule has 0 aliphatic rings. The van der Waals surface area contributed by atoms with Crippen molar-refractivity contribution in [1.29, 1.82) is 0 Å². The number of hydrogen-bond acceptors (Lipinski definition) is 2. The molecule has 0 saturated carbocycles. The Morgan fingerprint density at radius 3 is 2.68 bits per heavy atom. The maximum atomic E-state index is 13.3. The molecule has 0 saturated heterocycles. The maximum Gasteiger partial charge on any atom is 0.181 e. The van der Waals surface area contributed by atoms with E-state index in [1.807, 2.05) is 24.3 Å². The van der Waals surface area contributed by atoms with Gasteiger partial charge in [0.25, 0.3) is 0 Å². The Morgan fingerprint density at radius 2 is 1.89 bits per heavy atom. The van der Waals surface area contributed by atoms with Gasteiger partial charge < -0.3 is 10.1 Å². The average molecular weight is 328 g/mol. The molecule has 0 amide bonds. The van der Waals surface area contributed by atoms with Crippen LogP contribution in [0.2, 0.25) is 0 Å². The van der Waals surface area contributed by atoms with Crippen LogP contribution in [-0.2, 0) is 0 Å². The van der Waals surface area contributed by atoms with Gasteiger partial charge in [-0.1, -0.05) is 28.1 Å². The summed E-state index contributed by atoms with van der Waals surface area (Å²) in [5.74, 6) is -1.02. The van der Waals surface area contributed by atoms with Crippen LogP contribution in [0.3, 0.4) is 0 Å². The Bertz CT molecular complexity index is 563. The first-order valence-corrected chi connectivity index (χ1v) is 6.52. The second-order valence-electron chi connectivity index (χ2n) is 3.83. The Balaban J connectivity index is 1.82. The van der Waals surface area contributed by atoms with Crippen LogP contribution in [0.5, 0.6) is 5.75 Å². The van der Waals surface area contributed by atoms with Gasteiger partial charge in [-0.2, -0.15) is 0 Å². The third-order valence-corrected chi connectivity index (χ3v) is 2.93. The van der Waals surface area contributed by atoms with Crippen molar-refractivity contribution < 1.29 is 13.5 Å². The molecule has 0 radical (unpaired) electrons. The number of nitrogens with one attached hydrogen (secondary N) is 1. The number of benzene rings is 2. The number of anilines is 1. The van der Waals surface area contributed by atoms with E-state index in [0.717, 1.165) is 16.3 Å². The molecule has 1 N–H and O–H groups in total. The zero-order valence-electron chi connectivity index (χ0n) is 10.00. The fourth-order valence-corrected chi connectivity index (χ4v) is 1.93. The van der Waals surface area contributed by atoms with Crippen molar-refractivity contribution in [2.75, 3.05) is 18.5 Å². The van der Waals surface area contributed by atoms with Gasteiger partial charge in [0.15, 0.2) is 11.6 Å². The maximum absolute atomic E-state index is 13.3. The molecule has 5 heteroatoms. The molecule has 100 valence electrons. The van der Waals surface area contributed by atoms with Crippen molar-refractivity contribution >= 4 is 21.6 Å². The molecule has 2 aromatic rings. The first-order chi connectivity index (χ1) is 9.16. The summed E-state index contributed by atoms with van der Waals surface area (Å²) < 4.78 is 32.7. The minimum absolute atomic E-state index is 0.137. The first-order valence-electron chi connectivity index (χ1n) is 5.73. The minimum Gasteiger partial charge on any atom is -0.492 e. The molecule has 0 aromatic heterocycles. The van der Waals surface area contributed by atoms with E-state index in [-0.39, 0.29) is 5.69 Å². The van der Waals surface area contributed by atoms with Crippen LogP contribution in [0.1, 0.15) is 0 Å². The van der Waals surface area contributed by atoms with Crippen molar-refractivity contribution in [2.45, 2.75) is 0 Å². The molecule has 0 spiro atoms. The van der Waals surface area contributed by atoms with Gasteiger partial charge in [0.1, 0.15) is 12.4 Å². The lowest BCUT2D eigenvalue weighted by molar-refractivity contribution is 0.332. The molecule has 2 aromatic carbocycles. The molecule has 0 aliphatic carbocycles. The van der Waals surface area contributed by atoms with Crippen LogP contribution < -0.4 is 10.1 Å². The van der Waals surface area contributed by atoms with Gasteiger partial charge in [-0.05, 0) is 30.3 Å². The third-order valence-electron chi connectivity index (χ3n) is 2.43. The highest BCUT2D eigenvalue weighted by atomic mass is 79.9. The summed E-state index contributed by atoms with van der Waals surface area (Å²) in [6.07, 6.45) is 0. The lowest BCUT2D eigenvalue weighted by Crippen LogP contribution is -2.12. The van der Waals surface area contributed by atoms with Crippen LogP contribution in [0, 0.1) is 11.6 Å². The Hall–Kier alpha value is -1.62. The summed E-state index contributed by atoms with van der Waals surface area (Å²) in [5, 5.41) is 2.79. The van der Waals surface area contributed by atoms with E-state index in [4.69, 9.17) is 4.74 Å². The Morgan fingerprint density at radius 1 is 1.11 bits per heavy atom. The van der Waals surface area contributed by atoms with E-state index in [9.17, 15) is 8.78 Å². The van der Waals surface area contributed by atoms with Crippen LogP contribution in [-0.4, -0.2) is 13.2 Å². The molecule has 0 fully saturated rings. The summed E-state index contributed by atoms with van der Waals surface area (Å²) in [5.41, 5.74) is 0.137. The Kier molecular flexibility index (Phi) is 4.74. The monoisotopic (exact) mass is 327 g/mol. The van der Waals surface area contributed by atoms with Gasteiger partial charge >= 0.3 is 0 Å². The van der Waals surface area contributed by atoms with Crippen molar-refractivity contribution in [3.8, 4) is 5.75 Å². The van der Waals surface area contributed by atoms with Crippen LogP contribution in [0.15, 0.2) is 46.9 Å². The largest absolute Gasteiger partial charge is 0.492 e. The molecule has 0 atom stereocenters. The molecule has 0 bridgehead atoms. The third kappa shape index (κ3) is 3.92. The predicted octanol–water partition coefficient (Wildman–Crippen LogP) is 4.22. The van der Waals surface area contributed by atoms with Gasteiger partial charge in [0.2, 0.25) is 0 Å². The van der Waals surface area contributed by atoms with E-state index in [1.54, 1.807) is 0 Å². The summed E-state index contributed by atoms with van der Waals surface area (Å²) in [6, 6.07) is 11.4. The molecule has 2 nitrogen and oxygen atoms in total. The lowest BCUT2D eigenvalue weighted by Gasteiger charge is -2.09. The van der Waals surface area contributed by atoms with E-state index in [2.05, 4.69) is 21.2 Å². The minimum atomic E-state index is -0.870. The predicted molar refractivity (Wildman–Crippen MR) is 74.5 cm³/mol. The fraction of sp³-hybridized carbons (Fsp3) is 0.143. The SMILES string of the molecule is Fc1cccc(NCCOc2cccc(Br)c2)c1F. The van der Waals surface area contributed by atoms with E-state index in [1.165, 1.54) is 12.1 Å². The molecule has 0 heterocycles. The summed E-state index contributed by atoms with van der Waals surface area (Å²) in [6.45, 7) is 0.735. The van der Waals surface area contributed by atoms with Crippen molar-refractivity contribution in [3.63, 3.8) is 0 Å². The molecule has 19 heavy (non-hydrogen) atoms. The summed E-state index contributed by atoms with van der Waals surface area (Å²) in [7, 11) is 0.